The molecule has 0 amide bonds. The van der Waals surface area contributed by atoms with Crippen LogP contribution in [0.2, 0.25) is 0 Å². The first-order chi connectivity index (χ1) is 8.38. The Morgan fingerprint density at radius 1 is 1.44 bits per heavy atom. The monoisotopic (exact) mass is 260 g/mol. The number of carboxylic acid groups (broad SMARTS) is 1. The number of halogens is 3. The number of carboxylic acids is 1. The Hall–Kier alpha value is -1.79. The van der Waals surface area contributed by atoms with Gasteiger partial charge in [0.25, 0.3) is 0 Å². The lowest BCUT2D eigenvalue weighted by Crippen LogP contribution is -2.28. The number of hydrogen-bond acceptors (Lipinski definition) is 3. The lowest BCUT2D eigenvalue weighted by Gasteiger charge is -2.27. The van der Waals surface area contributed by atoms with E-state index in [-0.39, 0.29) is 11.9 Å². The topological polar surface area (TPSA) is 62.2 Å². The predicted octanol–water partition coefficient (Wildman–Crippen LogP) is 2.76. The molecular formula is C11H11F3N2O2. The van der Waals surface area contributed by atoms with Gasteiger partial charge in [0.1, 0.15) is 11.4 Å². The van der Waals surface area contributed by atoms with E-state index in [2.05, 4.69) is 10.3 Å². The Morgan fingerprint density at radius 2 is 2.11 bits per heavy atom. The molecule has 1 heterocycles. The van der Waals surface area contributed by atoms with Gasteiger partial charge in [-0.3, -0.25) is 0 Å². The van der Waals surface area contributed by atoms with E-state index in [1.807, 2.05) is 0 Å². The van der Waals surface area contributed by atoms with E-state index in [1.165, 1.54) is 0 Å². The number of pyridine rings is 1. The van der Waals surface area contributed by atoms with Gasteiger partial charge < -0.3 is 10.4 Å². The van der Waals surface area contributed by atoms with E-state index in [4.69, 9.17) is 5.11 Å². The van der Waals surface area contributed by atoms with Gasteiger partial charge in [-0.15, -0.1) is 0 Å². The number of alkyl halides is 3. The number of hydrogen-bond donors (Lipinski definition) is 2. The van der Waals surface area contributed by atoms with Gasteiger partial charge in [-0.2, -0.15) is 13.2 Å². The minimum atomic E-state index is -4.59. The van der Waals surface area contributed by atoms with Crippen molar-refractivity contribution in [1.29, 1.82) is 0 Å². The maximum Gasteiger partial charge on any atom is 0.417 e. The van der Waals surface area contributed by atoms with Crippen molar-refractivity contribution in [3.63, 3.8) is 0 Å². The number of aromatic nitrogens is 1. The molecule has 1 fully saturated rings. The molecule has 1 aliphatic rings. The van der Waals surface area contributed by atoms with Crippen molar-refractivity contribution in [2.24, 2.45) is 0 Å². The molecule has 7 heteroatoms. The highest BCUT2D eigenvalue weighted by molar-refractivity contribution is 5.93. The maximum atomic E-state index is 12.4. The zero-order chi connectivity index (χ0) is 13.3. The molecular weight excluding hydrogens is 249 g/mol. The highest BCUT2D eigenvalue weighted by Crippen LogP contribution is 2.31. The fourth-order valence-electron chi connectivity index (χ4n) is 1.64. The van der Waals surface area contributed by atoms with Crippen molar-refractivity contribution in [1.82, 2.24) is 4.98 Å². The molecule has 1 saturated carbocycles. The molecule has 0 radical (unpaired) electrons. The fourth-order valence-corrected chi connectivity index (χ4v) is 1.64. The number of carbonyl (C=O) groups is 1. The normalized spacial score (nSPS) is 16.2. The zero-order valence-electron chi connectivity index (χ0n) is 9.29. The summed E-state index contributed by atoms with van der Waals surface area (Å²) in [6.45, 7) is 0. The first kappa shape index (κ1) is 12.7. The number of nitrogens with one attached hydrogen (secondary N) is 1. The molecule has 98 valence electrons. The lowest BCUT2D eigenvalue weighted by atomic mass is 9.93. The van der Waals surface area contributed by atoms with Crippen molar-refractivity contribution in [3.8, 4) is 0 Å². The lowest BCUT2D eigenvalue weighted by molar-refractivity contribution is -0.137. The van der Waals surface area contributed by atoms with Crippen LogP contribution in [0.3, 0.4) is 0 Å². The molecule has 18 heavy (non-hydrogen) atoms. The molecule has 0 saturated heterocycles. The minimum absolute atomic E-state index is 0.000185. The Morgan fingerprint density at radius 3 is 2.56 bits per heavy atom. The van der Waals surface area contributed by atoms with Crippen LogP contribution in [0.5, 0.6) is 0 Å². The van der Waals surface area contributed by atoms with Gasteiger partial charge in [0.05, 0.1) is 5.56 Å². The molecule has 2 N–H and O–H groups in total. The summed E-state index contributed by atoms with van der Waals surface area (Å²) in [5.74, 6) is -1.42. The molecule has 2 rings (SSSR count). The third-order valence-corrected chi connectivity index (χ3v) is 2.89. The van der Waals surface area contributed by atoms with Crippen molar-refractivity contribution >= 4 is 11.8 Å². The molecule has 1 aliphatic carbocycles. The molecule has 0 aromatic carbocycles. The Bertz CT molecular complexity index is 470. The van der Waals surface area contributed by atoms with Crippen molar-refractivity contribution < 1.29 is 23.1 Å². The molecule has 0 atom stereocenters. The van der Waals surface area contributed by atoms with Gasteiger partial charge in [-0.05, 0) is 25.3 Å². The van der Waals surface area contributed by atoms with Gasteiger partial charge in [-0.1, -0.05) is 0 Å². The number of aromatic carboxylic acids is 1. The average molecular weight is 260 g/mol. The summed E-state index contributed by atoms with van der Waals surface area (Å²) >= 11 is 0. The highest BCUT2D eigenvalue weighted by atomic mass is 19.4. The van der Waals surface area contributed by atoms with Crippen molar-refractivity contribution in [3.05, 3.63) is 23.4 Å². The standard InChI is InChI=1S/C11H11F3N2O2/c12-11(13,14)6-4-8(10(17)18)9(15-5-6)16-7-2-1-3-7/h4-5,7H,1-3H2,(H,15,16)(H,17,18). The van der Waals surface area contributed by atoms with E-state index in [0.29, 0.717) is 12.3 Å². The first-order valence-electron chi connectivity index (χ1n) is 5.45. The molecule has 0 unspecified atom stereocenters. The number of rotatable bonds is 3. The average Bonchev–Trinajstić information content (AvgIpc) is 2.21. The molecule has 4 nitrogen and oxygen atoms in total. The summed E-state index contributed by atoms with van der Waals surface area (Å²) < 4.78 is 37.3. The van der Waals surface area contributed by atoms with Crippen LogP contribution in [0.4, 0.5) is 19.0 Å². The predicted molar refractivity (Wildman–Crippen MR) is 57.5 cm³/mol. The molecule has 1 aromatic rings. The van der Waals surface area contributed by atoms with E-state index < -0.39 is 23.3 Å². The minimum Gasteiger partial charge on any atom is -0.478 e. The van der Waals surface area contributed by atoms with Gasteiger partial charge in [0.15, 0.2) is 0 Å². The van der Waals surface area contributed by atoms with E-state index >= 15 is 0 Å². The van der Waals surface area contributed by atoms with Crippen LogP contribution in [-0.4, -0.2) is 22.1 Å². The fraction of sp³-hybridized carbons (Fsp3) is 0.455. The van der Waals surface area contributed by atoms with Crippen LogP contribution in [0.1, 0.15) is 35.2 Å². The first-order valence-corrected chi connectivity index (χ1v) is 5.45. The van der Waals surface area contributed by atoms with Crippen LogP contribution < -0.4 is 5.32 Å². The summed E-state index contributed by atoms with van der Waals surface area (Å²) in [4.78, 5) is 14.5. The van der Waals surface area contributed by atoms with E-state index in [1.54, 1.807) is 0 Å². The molecule has 1 aromatic heterocycles. The van der Waals surface area contributed by atoms with Crippen LogP contribution >= 0.6 is 0 Å². The second kappa shape index (κ2) is 4.47. The van der Waals surface area contributed by atoms with E-state index in [9.17, 15) is 18.0 Å². The van der Waals surface area contributed by atoms with Crippen molar-refractivity contribution in [2.75, 3.05) is 5.32 Å². The van der Waals surface area contributed by atoms with Gasteiger partial charge in [0, 0.05) is 12.2 Å². The largest absolute Gasteiger partial charge is 0.478 e. The maximum absolute atomic E-state index is 12.4. The quantitative estimate of drug-likeness (QED) is 0.877. The van der Waals surface area contributed by atoms with Gasteiger partial charge in [-0.25, -0.2) is 9.78 Å². The number of anilines is 1. The Labute approximate surface area is 101 Å². The Kier molecular flexibility index (Phi) is 3.14. The summed E-state index contributed by atoms with van der Waals surface area (Å²) in [5, 5.41) is 11.8. The van der Waals surface area contributed by atoms with Gasteiger partial charge in [0.2, 0.25) is 0 Å². The summed E-state index contributed by atoms with van der Waals surface area (Å²) in [7, 11) is 0. The van der Waals surface area contributed by atoms with E-state index in [0.717, 1.165) is 19.3 Å². The van der Waals surface area contributed by atoms with Gasteiger partial charge >= 0.3 is 12.1 Å². The zero-order valence-corrected chi connectivity index (χ0v) is 9.29. The third-order valence-electron chi connectivity index (χ3n) is 2.89. The SMILES string of the molecule is O=C(O)c1cc(C(F)(F)F)cnc1NC1CCC1. The molecule has 0 aliphatic heterocycles. The van der Waals surface area contributed by atoms with Crippen LogP contribution in [-0.2, 0) is 6.18 Å². The van der Waals surface area contributed by atoms with Crippen LogP contribution in [0.25, 0.3) is 0 Å². The highest BCUT2D eigenvalue weighted by Gasteiger charge is 2.33. The summed E-state index contributed by atoms with van der Waals surface area (Å²) in [6, 6.07) is 0.711. The third kappa shape index (κ3) is 2.55. The smallest absolute Gasteiger partial charge is 0.417 e. The second-order valence-corrected chi connectivity index (χ2v) is 4.20. The Balaban J connectivity index is 2.31. The van der Waals surface area contributed by atoms with Crippen LogP contribution in [0, 0.1) is 0 Å². The second-order valence-electron chi connectivity index (χ2n) is 4.20. The summed E-state index contributed by atoms with van der Waals surface area (Å²) in [6.07, 6.45) is -1.16. The van der Waals surface area contributed by atoms with Crippen LogP contribution in [0.15, 0.2) is 12.3 Å². The number of nitrogens with zero attached hydrogens (tertiary/aromatic N) is 1. The van der Waals surface area contributed by atoms with Crippen molar-refractivity contribution in [2.45, 2.75) is 31.5 Å². The summed E-state index contributed by atoms with van der Waals surface area (Å²) in [5.41, 5.74) is -1.50. The molecule has 0 bridgehead atoms. The molecule has 0 spiro atoms.